The fourth-order valence-electron chi connectivity index (χ4n) is 3.15. The van der Waals surface area contributed by atoms with E-state index in [4.69, 9.17) is 0 Å². The van der Waals surface area contributed by atoms with Gasteiger partial charge in [0.15, 0.2) is 0 Å². The van der Waals surface area contributed by atoms with Crippen LogP contribution in [0.25, 0.3) is 0 Å². The van der Waals surface area contributed by atoms with Gasteiger partial charge in [-0.1, -0.05) is 53.9 Å². The van der Waals surface area contributed by atoms with E-state index in [1.54, 1.807) is 0 Å². The topological polar surface area (TPSA) is 15.3 Å². The van der Waals surface area contributed by atoms with E-state index < -0.39 is 0 Å². The zero-order valence-corrected chi connectivity index (χ0v) is 15.1. The molecule has 120 valence electrons. The summed E-state index contributed by atoms with van der Waals surface area (Å²) in [4.78, 5) is 2.75. The van der Waals surface area contributed by atoms with Gasteiger partial charge in [-0.05, 0) is 31.6 Å². The summed E-state index contributed by atoms with van der Waals surface area (Å²) in [6.07, 6.45) is 5.42. The second-order valence-corrected chi connectivity index (χ2v) is 8.43. The van der Waals surface area contributed by atoms with Crippen molar-refractivity contribution < 1.29 is 0 Å². The summed E-state index contributed by atoms with van der Waals surface area (Å²) in [5.74, 6) is 0.868. The Kier molecular flexibility index (Phi) is 6.53. The summed E-state index contributed by atoms with van der Waals surface area (Å²) in [7, 11) is 0. The predicted octanol–water partition coefficient (Wildman–Crippen LogP) is 4.30. The maximum absolute atomic E-state index is 3.77. The van der Waals surface area contributed by atoms with Crippen molar-refractivity contribution in [2.45, 2.75) is 85.7 Å². The van der Waals surface area contributed by atoms with Gasteiger partial charge in [0.25, 0.3) is 0 Å². The molecule has 0 spiro atoms. The Morgan fingerprint density at radius 2 is 1.90 bits per heavy atom. The molecule has 0 aromatic carbocycles. The lowest BCUT2D eigenvalue weighted by Gasteiger charge is -2.50. The van der Waals surface area contributed by atoms with Gasteiger partial charge < -0.3 is 5.32 Å². The molecule has 2 atom stereocenters. The van der Waals surface area contributed by atoms with Crippen LogP contribution in [0.1, 0.15) is 74.1 Å². The van der Waals surface area contributed by atoms with E-state index in [0.29, 0.717) is 17.0 Å². The predicted molar refractivity (Wildman–Crippen MR) is 90.2 cm³/mol. The SMILES string of the molecule is CCCCC(CC)CN1CC(C(C)(C)C)NCC1(C)C. The molecule has 1 N–H and O–H groups in total. The van der Waals surface area contributed by atoms with Gasteiger partial charge in [0.2, 0.25) is 0 Å². The molecule has 1 heterocycles. The number of rotatable bonds is 6. The van der Waals surface area contributed by atoms with Crippen LogP contribution in [0.2, 0.25) is 0 Å². The molecule has 0 bridgehead atoms. The van der Waals surface area contributed by atoms with Crippen molar-refractivity contribution >= 4 is 0 Å². The first kappa shape index (κ1) is 18.0. The third-order valence-corrected chi connectivity index (χ3v) is 5.11. The Bertz CT molecular complexity index is 278. The van der Waals surface area contributed by atoms with Gasteiger partial charge in [0.05, 0.1) is 0 Å². The summed E-state index contributed by atoms with van der Waals surface area (Å²) in [6, 6.07) is 0.610. The minimum absolute atomic E-state index is 0.293. The zero-order valence-electron chi connectivity index (χ0n) is 15.1. The van der Waals surface area contributed by atoms with Crippen molar-refractivity contribution in [1.82, 2.24) is 10.2 Å². The first-order chi connectivity index (χ1) is 9.20. The highest BCUT2D eigenvalue weighted by Crippen LogP contribution is 2.29. The lowest BCUT2D eigenvalue weighted by molar-refractivity contribution is 0.0222. The fourth-order valence-corrected chi connectivity index (χ4v) is 3.15. The molecule has 0 aromatic rings. The largest absolute Gasteiger partial charge is 0.310 e. The van der Waals surface area contributed by atoms with Crippen molar-refractivity contribution in [3.63, 3.8) is 0 Å². The van der Waals surface area contributed by atoms with E-state index in [9.17, 15) is 0 Å². The maximum atomic E-state index is 3.77. The summed E-state index contributed by atoms with van der Waals surface area (Å²) in [6.45, 7) is 20.1. The molecule has 2 nitrogen and oxygen atoms in total. The van der Waals surface area contributed by atoms with Crippen molar-refractivity contribution in [1.29, 1.82) is 0 Å². The van der Waals surface area contributed by atoms with E-state index in [1.807, 2.05) is 0 Å². The maximum Gasteiger partial charge on any atom is 0.0278 e. The van der Waals surface area contributed by atoms with Gasteiger partial charge >= 0.3 is 0 Å². The minimum Gasteiger partial charge on any atom is -0.310 e. The average Bonchev–Trinajstić information content (AvgIpc) is 2.34. The first-order valence-electron chi connectivity index (χ1n) is 8.69. The molecule has 20 heavy (non-hydrogen) atoms. The highest BCUT2D eigenvalue weighted by atomic mass is 15.3. The minimum atomic E-state index is 0.293. The quantitative estimate of drug-likeness (QED) is 0.781. The van der Waals surface area contributed by atoms with E-state index in [0.717, 1.165) is 12.5 Å². The fraction of sp³-hybridized carbons (Fsp3) is 1.00. The molecule has 2 heteroatoms. The van der Waals surface area contributed by atoms with Crippen molar-refractivity contribution in [2.75, 3.05) is 19.6 Å². The normalized spacial score (nSPS) is 25.6. The molecular formula is C18H38N2. The van der Waals surface area contributed by atoms with Crippen LogP contribution in [0.3, 0.4) is 0 Å². The average molecular weight is 283 g/mol. The van der Waals surface area contributed by atoms with Crippen LogP contribution in [0, 0.1) is 11.3 Å². The number of hydrogen-bond donors (Lipinski definition) is 1. The Balaban J connectivity index is 2.67. The van der Waals surface area contributed by atoms with E-state index >= 15 is 0 Å². The second kappa shape index (κ2) is 7.26. The highest BCUT2D eigenvalue weighted by molar-refractivity contribution is 4.97. The van der Waals surface area contributed by atoms with Gasteiger partial charge in [0.1, 0.15) is 0 Å². The molecular weight excluding hydrogens is 244 g/mol. The number of nitrogens with zero attached hydrogens (tertiary/aromatic N) is 1. The van der Waals surface area contributed by atoms with Gasteiger partial charge in [-0.3, -0.25) is 4.90 Å². The van der Waals surface area contributed by atoms with Gasteiger partial charge in [-0.2, -0.15) is 0 Å². The Morgan fingerprint density at radius 3 is 2.40 bits per heavy atom. The number of unbranched alkanes of at least 4 members (excludes halogenated alkanes) is 1. The third kappa shape index (κ3) is 5.04. The molecule has 0 amide bonds. The lowest BCUT2D eigenvalue weighted by Crippen LogP contribution is -2.65. The molecule has 1 fully saturated rings. The summed E-state index contributed by atoms with van der Waals surface area (Å²) < 4.78 is 0. The van der Waals surface area contributed by atoms with E-state index in [-0.39, 0.29) is 0 Å². The summed E-state index contributed by atoms with van der Waals surface area (Å²) in [5.41, 5.74) is 0.640. The van der Waals surface area contributed by atoms with Crippen LogP contribution in [0.4, 0.5) is 0 Å². The summed E-state index contributed by atoms with van der Waals surface area (Å²) >= 11 is 0. The molecule has 2 unspecified atom stereocenters. The van der Waals surface area contributed by atoms with Crippen LogP contribution >= 0.6 is 0 Å². The number of piperazine rings is 1. The Hall–Kier alpha value is -0.0800. The third-order valence-electron chi connectivity index (χ3n) is 5.11. The van der Waals surface area contributed by atoms with Gasteiger partial charge in [-0.15, -0.1) is 0 Å². The zero-order chi connectivity index (χ0) is 15.4. The number of nitrogens with one attached hydrogen (secondary N) is 1. The molecule has 0 aromatic heterocycles. The highest BCUT2D eigenvalue weighted by Gasteiger charge is 2.38. The smallest absolute Gasteiger partial charge is 0.0278 e. The monoisotopic (exact) mass is 282 g/mol. The van der Waals surface area contributed by atoms with Crippen LogP contribution in [0.5, 0.6) is 0 Å². The molecule has 0 radical (unpaired) electrons. The molecule has 1 aliphatic rings. The second-order valence-electron chi connectivity index (χ2n) is 8.43. The summed E-state index contributed by atoms with van der Waals surface area (Å²) in [5, 5.41) is 3.77. The van der Waals surface area contributed by atoms with Crippen molar-refractivity contribution in [3.05, 3.63) is 0 Å². The molecule has 0 aliphatic carbocycles. The lowest BCUT2D eigenvalue weighted by atomic mass is 9.82. The van der Waals surface area contributed by atoms with E-state index in [2.05, 4.69) is 58.7 Å². The van der Waals surface area contributed by atoms with E-state index in [1.165, 1.54) is 38.8 Å². The standard InChI is InChI=1S/C18H38N2/c1-8-10-11-15(9-2)12-20-13-16(17(3,4)5)19-14-18(20,6)7/h15-16,19H,8-14H2,1-7H3. The Morgan fingerprint density at radius 1 is 1.25 bits per heavy atom. The van der Waals surface area contributed by atoms with Gasteiger partial charge in [-0.25, -0.2) is 0 Å². The number of hydrogen-bond acceptors (Lipinski definition) is 2. The molecule has 0 saturated carbocycles. The van der Waals surface area contributed by atoms with Crippen molar-refractivity contribution in [2.24, 2.45) is 11.3 Å². The first-order valence-corrected chi connectivity index (χ1v) is 8.69. The van der Waals surface area contributed by atoms with Crippen molar-refractivity contribution in [3.8, 4) is 0 Å². The van der Waals surface area contributed by atoms with Crippen LogP contribution < -0.4 is 5.32 Å². The van der Waals surface area contributed by atoms with Crippen LogP contribution in [-0.4, -0.2) is 36.1 Å². The molecule has 1 aliphatic heterocycles. The molecule has 1 saturated heterocycles. The van der Waals surface area contributed by atoms with Crippen LogP contribution in [0.15, 0.2) is 0 Å². The van der Waals surface area contributed by atoms with Gasteiger partial charge in [0, 0.05) is 31.2 Å². The molecule has 1 rings (SSSR count). The van der Waals surface area contributed by atoms with Crippen LogP contribution in [-0.2, 0) is 0 Å². The Labute approximate surface area is 127 Å².